The van der Waals surface area contributed by atoms with Crippen molar-refractivity contribution in [3.63, 3.8) is 0 Å². The highest BCUT2D eigenvalue weighted by atomic mass is 16.3. The van der Waals surface area contributed by atoms with Crippen LogP contribution in [0.4, 0.5) is 17.5 Å². The Kier molecular flexibility index (Phi) is 4.07. The highest BCUT2D eigenvalue weighted by molar-refractivity contribution is 5.88. The van der Waals surface area contributed by atoms with Crippen molar-refractivity contribution >= 4 is 28.4 Å². The van der Waals surface area contributed by atoms with Crippen LogP contribution in [0, 0.1) is 6.92 Å². The van der Waals surface area contributed by atoms with Gasteiger partial charge in [-0.05, 0) is 31.9 Å². The van der Waals surface area contributed by atoms with Gasteiger partial charge in [-0.3, -0.25) is 0 Å². The number of aryl methyl sites for hydroxylation is 1. The maximum Gasteiger partial charge on any atom is 0.139 e. The predicted octanol–water partition coefficient (Wildman–Crippen LogP) is 2.85. The fraction of sp³-hybridized carbons (Fsp3) is 0.450. The van der Waals surface area contributed by atoms with Crippen molar-refractivity contribution in [3.05, 3.63) is 36.5 Å². The molecule has 0 aliphatic carbocycles. The smallest absolute Gasteiger partial charge is 0.139 e. The molecule has 0 aromatic carbocycles. The lowest BCUT2D eigenvalue weighted by Crippen LogP contribution is -2.47. The first-order chi connectivity index (χ1) is 13.3. The maximum atomic E-state index is 5.52. The monoisotopic (exact) mass is 364 g/mol. The summed E-state index contributed by atoms with van der Waals surface area (Å²) in [6, 6.07) is 6.07. The van der Waals surface area contributed by atoms with Crippen molar-refractivity contribution in [1.29, 1.82) is 0 Å². The van der Waals surface area contributed by atoms with Gasteiger partial charge in [0.1, 0.15) is 28.9 Å². The topological polar surface area (TPSA) is 61.5 Å². The van der Waals surface area contributed by atoms with Gasteiger partial charge in [-0.15, -0.1) is 0 Å². The van der Waals surface area contributed by atoms with E-state index in [4.69, 9.17) is 9.40 Å². The molecule has 0 radical (unpaired) electrons. The molecular weight excluding hydrogens is 340 g/mol. The van der Waals surface area contributed by atoms with Gasteiger partial charge in [0.15, 0.2) is 0 Å². The standard InChI is InChI=1S/C20H24N6O/c1-15-22-18(24-7-2-3-8-24)14-19(23-15)25-9-11-26(12-10-25)20-16-5-13-27-17(16)4-6-21-20/h4-6,13-14H,2-3,7-12H2,1H3. The summed E-state index contributed by atoms with van der Waals surface area (Å²) >= 11 is 0. The fourth-order valence-electron chi connectivity index (χ4n) is 4.09. The van der Waals surface area contributed by atoms with Gasteiger partial charge in [0.2, 0.25) is 0 Å². The molecule has 0 unspecified atom stereocenters. The Balaban J connectivity index is 1.34. The largest absolute Gasteiger partial charge is 0.464 e. The molecule has 2 aliphatic rings. The lowest BCUT2D eigenvalue weighted by molar-refractivity contribution is 0.614. The van der Waals surface area contributed by atoms with Crippen LogP contribution in [0.25, 0.3) is 11.0 Å². The Morgan fingerprint density at radius 1 is 0.852 bits per heavy atom. The first-order valence-electron chi connectivity index (χ1n) is 9.71. The number of rotatable bonds is 3. The summed E-state index contributed by atoms with van der Waals surface area (Å²) in [5.74, 6) is 3.97. The second-order valence-corrected chi connectivity index (χ2v) is 7.27. The van der Waals surface area contributed by atoms with Crippen LogP contribution in [-0.4, -0.2) is 54.2 Å². The van der Waals surface area contributed by atoms with E-state index in [2.05, 4.69) is 30.7 Å². The van der Waals surface area contributed by atoms with E-state index in [-0.39, 0.29) is 0 Å². The second kappa shape index (κ2) is 6.72. The van der Waals surface area contributed by atoms with Crippen LogP contribution < -0.4 is 14.7 Å². The Bertz CT molecular complexity index is 941. The minimum atomic E-state index is 0.849. The van der Waals surface area contributed by atoms with Crippen molar-refractivity contribution in [2.45, 2.75) is 19.8 Å². The summed E-state index contributed by atoms with van der Waals surface area (Å²) in [7, 11) is 0. The van der Waals surface area contributed by atoms with E-state index in [1.165, 1.54) is 12.8 Å². The Morgan fingerprint density at radius 3 is 2.26 bits per heavy atom. The molecule has 2 fully saturated rings. The summed E-state index contributed by atoms with van der Waals surface area (Å²) in [6.45, 7) is 7.87. The number of hydrogen-bond acceptors (Lipinski definition) is 7. The fourth-order valence-corrected chi connectivity index (χ4v) is 4.09. The van der Waals surface area contributed by atoms with Crippen molar-refractivity contribution in [3.8, 4) is 0 Å². The van der Waals surface area contributed by atoms with Crippen LogP contribution in [0.5, 0.6) is 0 Å². The number of fused-ring (bicyclic) bond motifs is 1. The van der Waals surface area contributed by atoms with E-state index in [1.807, 2.05) is 25.3 Å². The van der Waals surface area contributed by atoms with Crippen LogP contribution in [0.1, 0.15) is 18.7 Å². The molecule has 7 heteroatoms. The number of anilines is 3. The average molecular weight is 364 g/mol. The van der Waals surface area contributed by atoms with E-state index in [9.17, 15) is 0 Å². The third-order valence-electron chi connectivity index (χ3n) is 5.50. The quantitative estimate of drug-likeness (QED) is 0.708. The molecule has 0 spiro atoms. The average Bonchev–Trinajstić information content (AvgIpc) is 3.39. The molecule has 140 valence electrons. The third kappa shape index (κ3) is 3.07. The molecule has 5 heterocycles. The van der Waals surface area contributed by atoms with Crippen LogP contribution in [0.15, 0.2) is 35.1 Å². The Labute approximate surface area is 158 Å². The van der Waals surface area contributed by atoms with Gasteiger partial charge in [-0.2, -0.15) is 0 Å². The first kappa shape index (κ1) is 16.4. The number of furan rings is 1. The van der Waals surface area contributed by atoms with E-state index < -0.39 is 0 Å². The van der Waals surface area contributed by atoms with Crippen LogP contribution in [0.3, 0.4) is 0 Å². The molecule has 0 bridgehead atoms. The van der Waals surface area contributed by atoms with Gasteiger partial charge in [0.25, 0.3) is 0 Å². The number of aromatic nitrogens is 3. The highest BCUT2D eigenvalue weighted by Gasteiger charge is 2.23. The number of pyridine rings is 1. The van der Waals surface area contributed by atoms with Gasteiger partial charge in [-0.1, -0.05) is 0 Å². The molecule has 0 atom stereocenters. The predicted molar refractivity (Wildman–Crippen MR) is 107 cm³/mol. The highest BCUT2D eigenvalue weighted by Crippen LogP contribution is 2.28. The summed E-state index contributed by atoms with van der Waals surface area (Å²) in [5.41, 5.74) is 0.893. The molecule has 3 aromatic heterocycles. The molecule has 0 amide bonds. The zero-order valence-corrected chi connectivity index (χ0v) is 15.6. The minimum Gasteiger partial charge on any atom is -0.464 e. The van der Waals surface area contributed by atoms with Gasteiger partial charge < -0.3 is 19.1 Å². The SMILES string of the molecule is Cc1nc(N2CCCC2)cc(N2CCN(c3nccc4occc34)CC2)n1. The van der Waals surface area contributed by atoms with Crippen LogP contribution in [-0.2, 0) is 0 Å². The number of piperazine rings is 1. The van der Waals surface area contributed by atoms with Gasteiger partial charge in [0.05, 0.1) is 11.6 Å². The summed E-state index contributed by atoms with van der Waals surface area (Å²) in [4.78, 5) is 21.0. The van der Waals surface area contributed by atoms with Crippen molar-refractivity contribution in [1.82, 2.24) is 15.0 Å². The number of nitrogens with zero attached hydrogens (tertiary/aromatic N) is 6. The molecule has 2 saturated heterocycles. The summed E-state index contributed by atoms with van der Waals surface area (Å²) in [5, 5.41) is 1.08. The summed E-state index contributed by atoms with van der Waals surface area (Å²) < 4.78 is 5.52. The molecule has 0 N–H and O–H groups in total. The molecule has 3 aromatic rings. The summed E-state index contributed by atoms with van der Waals surface area (Å²) in [6.07, 6.45) is 6.06. The van der Waals surface area contributed by atoms with Crippen LogP contribution in [0.2, 0.25) is 0 Å². The van der Waals surface area contributed by atoms with Crippen molar-refractivity contribution in [2.75, 3.05) is 54.0 Å². The molecule has 0 saturated carbocycles. The van der Waals surface area contributed by atoms with E-state index in [1.54, 1.807) is 6.26 Å². The third-order valence-corrected chi connectivity index (χ3v) is 5.50. The van der Waals surface area contributed by atoms with Gasteiger partial charge in [0, 0.05) is 51.5 Å². The Morgan fingerprint density at radius 2 is 1.52 bits per heavy atom. The zero-order valence-electron chi connectivity index (χ0n) is 15.6. The van der Waals surface area contributed by atoms with E-state index in [0.717, 1.165) is 73.5 Å². The minimum absolute atomic E-state index is 0.849. The van der Waals surface area contributed by atoms with Crippen LogP contribution >= 0.6 is 0 Å². The Hall–Kier alpha value is -2.83. The normalized spacial score (nSPS) is 17.9. The molecule has 5 rings (SSSR count). The zero-order chi connectivity index (χ0) is 18.2. The molecule has 2 aliphatic heterocycles. The van der Waals surface area contributed by atoms with Crippen molar-refractivity contribution in [2.24, 2.45) is 0 Å². The molecule has 7 nitrogen and oxygen atoms in total. The second-order valence-electron chi connectivity index (χ2n) is 7.27. The molecular formula is C20H24N6O. The lowest BCUT2D eigenvalue weighted by Gasteiger charge is -2.36. The number of hydrogen-bond donors (Lipinski definition) is 0. The van der Waals surface area contributed by atoms with E-state index in [0.29, 0.717) is 0 Å². The van der Waals surface area contributed by atoms with Gasteiger partial charge >= 0.3 is 0 Å². The maximum absolute atomic E-state index is 5.52. The van der Waals surface area contributed by atoms with Crippen molar-refractivity contribution < 1.29 is 4.42 Å². The van der Waals surface area contributed by atoms with E-state index >= 15 is 0 Å². The van der Waals surface area contributed by atoms with Gasteiger partial charge in [-0.25, -0.2) is 15.0 Å². The first-order valence-corrected chi connectivity index (χ1v) is 9.71. The molecule has 27 heavy (non-hydrogen) atoms. The lowest BCUT2D eigenvalue weighted by atomic mass is 10.2.